The van der Waals surface area contributed by atoms with Crippen LogP contribution in [0.1, 0.15) is 41.8 Å². The van der Waals surface area contributed by atoms with Gasteiger partial charge in [-0.3, -0.25) is 0 Å². The number of nitrogens with zero attached hydrogens (tertiary/aromatic N) is 2. The lowest BCUT2D eigenvalue weighted by molar-refractivity contribution is 0.240. The van der Waals surface area contributed by atoms with E-state index in [0.29, 0.717) is 11.7 Å². The Bertz CT molecular complexity index is 584. The molecule has 0 aliphatic carbocycles. The topological polar surface area (TPSA) is 74.2 Å². The lowest BCUT2D eigenvalue weighted by Crippen LogP contribution is -2.21. The monoisotopic (exact) mass is 289 g/mol. The predicted octanol–water partition coefficient (Wildman–Crippen LogP) is 2.85. The standard InChI is InChI=1S/C16H23N3O2/c1-5-14(17)8-13-6-10(2)16(11(3)7-13)20-9-15-18-12(4)19-21-15/h6-7,14H,5,8-9,17H2,1-4H3. The SMILES string of the molecule is CCC(N)Cc1cc(C)c(OCc2nc(C)no2)c(C)c1. The number of benzene rings is 1. The van der Waals surface area contributed by atoms with Crippen LogP contribution in [0.4, 0.5) is 0 Å². The predicted molar refractivity (Wildman–Crippen MR) is 81.3 cm³/mol. The van der Waals surface area contributed by atoms with Crippen LogP contribution >= 0.6 is 0 Å². The van der Waals surface area contributed by atoms with Crippen molar-refractivity contribution in [2.75, 3.05) is 0 Å². The first-order valence-electron chi connectivity index (χ1n) is 7.27. The van der Waals surface area contributed by atoms with Gasteiger partial charge in [-0.15, -0.1) is 0 Å². The first kappa shape index (κ1) is 15.5. The highest BCUT2D eigenvalue weighted by molar-refractivity contribution is 5.43. The number of hydrogen-bond acceptors (Lipinski definition) is 5. The van der Waals surface area contributed by atoms with Gasteiger partial charge in [-0.2, -0.15) is 4.98 Å². The van der Waals surface area contributed by atoms with Crippen molar-refractivity contribution in [3.63, 3.8) is 0 Å². The van der Waals surface area contributed by atoms with Gasteiger partial charge in [-0.1, -0.05) is 24.2 Å². The maximum atomic E-state index is 6.02. The van der Waals surface area contributed by atoms with Gasteiger partial charge < -0.3 is 15.0 Å². The summed E-state index contributed by atoms with van der Waals surface area (Å²) >= 11 is 0. The molecule has 0 aliphatic heterocycles. The van der Waals surface area contributed by atoms with E-state index in [4.69, 9.17) is 15.0 Å². The molecule has 1 aromatic heterocycles. The van der Waals surface area contributed by atoms with E-state index >= 15 is 0 Å². The highest BCUT2D eigenvalue weighted by atomic mass is 16.5. The molecule has 0 fully saturated rings. The van der Waals surface area contributed by atoms with E-state index in [9.17, 15) is 0 Å². The van der Waals surface area contributed by atoms with Crippen molar-refractivity contribution in [3.05, 3.63) is 40.5 Å². The van der Waals surface area contributed by atoms with Crippen molar-refractivity contribution in [3.8, 4) is 5.75 Å². The summed E-state index contributed by atoms with van der Waals surface area (Å²) in [5.74, 6) is 1.98. The number of hydrogen-bond donors (Lipinski definition) is 1. The molecule has 2 rings (SSSR count). The van der Waals surface area contributed by atoms with Crippen LogP contribution in [0.5, 0.6) is 5.75 Å². The molecule has 2 N–H and O–H groups in total. The molecule has 114 valence electrons. The Morgan fingerprint density at radius 3 is 2.43 bits per heavy atom. The zero-order valence-corrected chi connectivity index (χ0v) is 13.1. The van der Waals surface area contributed by atoms with Gasteiger partial charge in [0.1, 0.15) is 5.75 Å². The van der Waals surface area contributed by atoms with Crippen LogP contribution in [0.3, 0.4) is 0 Å². The fourth-order valence-electron chi connectivity index (χ4n) is 2.37. The third kappa shape index (κ3) is 4.04. The number of aromatic nitrogens is 2. The lowest BCUT2D eigenvalue weighted by Gasteiger charge is -2.15. The third-order valence-electron chi connectivity index (χ3n) is 3.45. The molecule has 21 heavy (non-hydrogen) atoms. The average molecular weight is 289 g/mol. The molecule has 0 bridgehead atoms. The largest absolute Gasteiger partial charge is 0.483 e. The fraction of sp³-hybridized carbons (Fsp3) is 0.500. The number of rotatable bonds is 6. The summed E-state index contributed by atoms with van der Waals surface area (Å²) in [6.07, 6.45) is 1.87. The van der Waals surface area contributed by atoms with Gasteiger partial charge in [0.25, 0.3) is 5.89 Å². The Morgan fingerprint density at radius 1 is 1.24 bits per heavy atom. The minimum absolute atomic E-state index is 0.205. The minimum atomic E-state index is 0.205. The van der Waals surface area contributed by atoms with E-state index in [1.165, 1.54) is 5.56 Å². The summed E-state index contributed by atoms with van der Waals surface area (Å²) in [7, 11) is 0. The van der Waals surface area contributed by atoms with Crippen molar-refractivity contribution >= 4 is 0 Å². The van der Waals surface area contributed by atoms with E-state index in [-0.39, 0.29) is 12.6 Å². The zero-order valence-electron chi connectivity index (χ0n) is 13.1. The second-order valence-corrected chi connectivity index (χ2v) is 5.46. The van der Waals surface area contributed by atoms with Crippen molar-refractivity contribution < 1.29 is 9.26 Å². The smallest absolute Gasteiger partial charge is 0.264 e. The Hall–Kier alpha value is -1.88. The van der Waals surface area contributed by atoms with Gasteiger partial charge in [0.2, 0.25) is 0 Å². The number of nitrogens with two attached hydrogens (primary N) is 1. The van der Waals surface area contributed by atoms with Crippen LogP contribution in [0.2, 0.25) is 0 Å². The Labute approximate surface area is 125 Å². The van der Waals surface area contributed by atoms with Crippen molar-refractivity contribution in [1.82, 2.24) is 10.1 Å². The van der Waals surface area contributed by atoms with Crippen LogP contribution in [0, 0.1) is 20.8 Å². The van der Waals surface area contributed by atoms with Crippen LogP contribution in [0.15, 0.2) is 16.7 Å². The summed E-state index contributed by atoms with van der Waals surface area (Å²) in [5, 5.41) is 3.75. The van der Waals surface area contributed by atoms with E-state index < -0.39 is 0 Å². The van der Waals surface area contributed by atoms with Gasteiger partial charge >= 0.3 is 0 Å². The van der Waals surface area contributed by atoms with Crippen LogP contribution in [-0.4, -0.2) is 16.2 Å². The molecule has 0 amide bonds. The molecular weight excluding hydrogens is 266 g/mol. The van der Waals surface area contributed by atoms with Crippen molar-refractivity contribution in [2.45, 2.75) is 53.2 Å². The maximum absolute atomic E-state index is 6.02. The summed E-state index contributed by atoms with van der Waals surface area (Å²) in [6, 6.07) is 4.48. The van der Waals surface area contributed by atoms with Gasteiger partial charge in [-0.05, 0) is 50.3 Å². The van der Waals surface area contributed by atoms with Gasteiger partial charge in [-0.25, -0.2) is 0 Å². The zero-order chi connectivity index (χ0) is 15.4. The first-order valence-corrected chi connectivity index (χ1v) is 7.27. The van der Waals surface area contributed by atoms with E-state index in [1.807, 2.05) is 13.8 Å². The molecule has 2 aromatic rings. The van der Waals surface area contributed by atoms with Crippen molar-refractivity contribution in [1.29, 1.82) is 0 Å². The summed E-state index contributed by atoms with van der Waals surface area (Å²) in [5.41, 5.74) is 9.47. The van der Waals surface area contributed by atoms with Gasteiger partial charge in [0, 0.05) is 6.04 Å². The van der Waals surface area contributed by atoms with Gasteiger partial charge in [0.15, 0.2) is 12.4 Å². The normalized spacial score (nSPS) is 12.4. The molecule has 1 heterocycles. The second kappa shape index (κ2) is 6.72. The molecule has 5 nitrogen and oxygen atoms in total. The molecule has 0 saturated carbocycles. The Kier molecular flexibility index (Phi) is 4.96. The molecular formula is C16H23N3O2. The molecule has 0 saturated heterocycles. The number of aryl methyl sites for hydroxylation is 3. The van der Waals surface area contributed by atoms with E-state index in [0.717, 1.165) is 29.7 Å². The molecule has 5 heteroatoms. The highest BCUT2D eigenvalue weighted by Gasteiger charge is 2.11. The maximum Gasteiger partial charge on any atom is 0.264 e. The third-order valence-corrected chi connectivity index (χ3v) is 3.45. The summed E-state index contributed by atoms with van der Waals surface area (Å²) in [6.45, 7) is 8.27. The molecule has 1 aromatic carbocycles. The average Bonchev–Trinajstić information content (AvgIpc) is 2.83. The van der Waals surface area contributed by atoms with Crippen LogP contribution in [-0.2, 0) is 13.0 Å². The summed E-state index contributed by atoms with van der Waals surface area (Å²) < 4.78 is 10.9. The molecule has 0 spiro atoms. The fourth-order valence-corrected chi connectivity index (χ4v) is 2.37. The first-order chi connectivity index (χ1) is 9.99. The van der Waals surface area contributed by atoms with Crippen LogP contribution < -0.4 is 10.5 Å². The quantitative estimate of drug-likeness (QED) is 0.885. The Balaban J connectivity index is 2.09. The number of ether oxygens (including phenoxy) is 1. The molecule has 1 atom stereocenters. The van der Waals surface area contributed by atoms with Gasteiger partial charge in [0.05, 0.1) is 0 Å². The second-order valence-electron chi connectivity index (χ2n) is 5.46. The lowest BCUT2D eigenvalue weighted by atomic mass is 9.99. The van der Waals surface area contributed by atoms with E-state index in [1.54, 1.807) is 6.92 Å². The molecule has 1 unspecified atom stereocenters. The highest BCUT2D eigenvalue weighted by Crippen LogP contribution is 2.26. The minimum Gasteiger partial charge on any atom is -0.483 e. The van der Waals surface area contributed by atoms with E-state index in [2.05, 4.69) is 29.2 Å². The Morgan fingerprint density at radius 2 is 1.90 bits per heavy atom. The van der Waals surface area contributed by atoms with Crippen LogP contribution in [0.25, 0.3) is 0 Å². The molecule has 0 aliphatic rings. The summed E-state index contributed by atoms with van der Waals surface area (Å²) in [4.78, 5) is 4.13. The molecule has 0 radical (unpaired) electrons. The van der Waals surface area contributed by atoms with Crippen molar-refractivity contribution in [2.24, 2.45) is 5.73 Å².